The zero-order chi connectivity index (χ0) is 13.0. The molecule has 0 aliphatic rings. The van der Waals surface area contributed by atoms with Gasteiger partial charge in [-0.1, -0.05) is 44.2 Å². The van der Waals surface area contributed by atoms with Gasteiger partial charge in [-0.05, 0) is 33.6 Å². The summed E-state index contributed by atoms with van der Waals surface area (Å²) in [6.07, 6.45) is 1.79. The Morgan fingerprint density at radius 3 is 2.50 bits per heavy atom. The van der Waals surface area contributed by atoms with Crippen molar-refractivity contribution in [2.45, 2.75) is 19.3 Å². The fraction of sp³-hybridized carbons (Fsp3) is 0.267. The van der Waals surface area contributed by atoms with Crippen molar-refractivity contribution in [2.24, 2.45) is 0 Å². The Hall–Kier alpha value is -1.35. The summed E-state index contributed by atoms with van der Waals surface area (Å²) in [6.45, 7) is 5.30. The van der Waals surface area contributed by atoms with E-state index in [4.69, 9.17) is 0 Å². The highest BCUT2D eigenvalue weighted by Gasteiger charge is 2.20. The average molecular weight is 305 g/mol. The molecule has 94 valence electrons. The fourth-order valence-electron chi connectivity index (χ4n) is 1.81. The highest BCUT2D eigenvalue weighted by atomic mass is 79.9. The molecule has 0 saturated carbocycles. The molecule has 1 heterocycles. The van der Waals surface area contributed by atoms with Crippen LogP contribution in [0.3, 0.4) is 0 Å². The van der Waals surface area contributed by atoms with Gasteiger partial charge in [-0.3, -0.25) is 0 Å². The lowest BCUT2D eigenvalue weighted by atomic mass is 9.85. The molecule has 0 radical (unpaired) electrons. The van der Waals surface area contributed by atoms with E-state index < -0.39 is 0 Å². The summed E-state index contributed by atoms with van der Waals surface area (Å²) in [6, 6.07) is 14.4. The van der Waals surface area contributed by atoms with Crippen LogP contribution in [0.2, 0.25) is 0 Å². The van der Waals surface area contributed by atoms with E-state index in [1.165, 1.54) is 5.56 Å². The van der Waals surface area contributed by atoms with Crippen LogP contribution in [0, 0.1) is 0 Å². The molecule has 1 N–H and O–H groups in total. The van der Waals surface area contributed by atoms with Gasteiger partial charge in [-0.15, -0.1) is 0 Å². The standard InChI is InChI=1S/C15H17BrN2/c1-15(2,12-7-4-3-5-8-12)11-18-14-13(16)9-6-10-17-14/h3-10H,11H2,1-2H3,(H,17,18). The van der Waals surface area contributed by atoms with Crippen molar-refractivity contribution < 1.29 is 0 Å². The predicted octanol–water partition coefficient (Wildman–Crippen LogP) is 4.23. The Morgan fingerprint density at radius 1 is 1.11 bits per heavy atom. The van der Waals surface area contributed by atoms with Gasteiger partial charge in [-0.2, -0.15) is 0 Å². The maximum Gasteiger partial charge on any atom is 0.140 e. The van der Waals surface area contributed by atoms with Crippen molar-refractivity contribution in [3.8, 4) is 0 Å². The minimum Gasteiger partial charge on any atom is -0.368 e. The van der Waals surface area contributed by atoms with Crippen LogP contribution >= 0.6 is 15.9 Å². The zero-order valence-corrected chi connectivity index (χ0v) is 12.2. The number of halogens is 1. The van der Waals surface area contributed by atoms with E-state index in [0.717, 1.165) is 16.8 Å². The van der Waals surface area contributed by atoms with Crippen LogP contribution in [0.25, 0.3) is 0 Å². The first-order valence-corrected chi connectivity index (χ1v) is 6.79. The summed E-state index contributed by atoms with van der Waals surface area (Å²) >= 11 is 3.50. The molecule has 1 aromatic carbocycles. The number of nitrogens with zero attached hydrogens (tertiary/aromatic N) is 1. The summed E-state index contributed by atoms with van der Waals surface area (Å²) in [7, 11) is 0. The molecule has 0 aliphatic heterocycles. The molecular weight excluding hydrogens is 288 g/mol. The minimum absolute atomic E-state index is 0.0677. The maximum absolute atomic E-state index is 4.32. The Kier molecular flexibility index (Phi) is 4.02. The zero-order valence-electron chi connectivity index (χ0n) is 10.7. The molecular formula is C15H17BrN2. The SMILES string of the molecule is CC(C)(CNc1ncccc1Br)c1ccccc1. The first kappa shape index (κ1) is 13.1. The number of hydrogen-bond donors (Lipinski definition) is 1. The second kappa shape index (κ2) is 5.53. The third-order valence-electron chi connectivity index (χ3n) is 3.01. The van der Waals surface area contributed by atoms with Crippen LogP contribution in [0.5, 0.6) is 0 Å². The molecule has 1 aromatic heterocycles. The van der Waals surface area contributed by atoms with Gasteiger partial charge >= 0.3 is 0 Å². The Balaban J connectivity index is 2.08. The lowest BCUT2D eigenvalue weighted by molar-refractivity contribution is 0.556. The van der Waals surface area contributed by atoms with Gasteiger partial charge in [0, 0.05) is 18.2 Å². The van der Waals surface area contributed by atoms with Gasteiger partial charge in [0.25, 0.3) is 0 Å². The van der Waals surface area contributed by atoms with Crippen molar-refractivity contribution in [1.82, 2.24) is 4.98 Å². The summed E-state index contributed by atoms with van der Waals surface area (Å²) < 4.78 is 0.994. The van der Waals surface area contributed by atoms with Crippen LogP contribution in [0.15, 0.2) is 53.1 Å². The van der Waals surface area contributed by atoms with Crippen LogP contribution in [0.4, 0.5) is 5.82 Å². The molecule has 0 fully saturated rings. The highest BCUT2D eigenvalue weighted by Crippen LogP contribution is 2.25. The van der Waals surface area contributed by atoms with Crippen LogP contribution < -0.4 is 5.32 Å². The van der Waals surface area contributed by atoms with Gasteiger partial charge in [0.15, 0.2) is 0 Å². The van der Waals surface area contributed by atoms with E-state index in [0.29, 0.717) is 0 Å². The second-order valence-electron chi connectivity index (χ2n) is 4.94. The fourth-order valence-corrected chi connectivity index (χ4v) is 2.21. The molecule has 0 atom stereocenters. The lowest BCUT2D eigenvalue weighted by Gasteiger charge is -2.26. The monoisotopic (exact) mass is 304 g/mol. The normalized spacial score (nSPS) is 11.3. The van der Waals surface area contributed by atoms with Crippen LogP contribution in [0.1, 0.15) is 19.4 Å². The summed E-state index contributed by atoms with van der Waals surface area (Å²) in [4.78, 5) is 4.32. The number of aromatic nitrogens is 1. The van der Waals surface area contributed by atoms with Crippen molar-refractivity contribution in [3.05, 3.63) is 58.7 Å². The quantitative estimate of drug-likeness (QED) is 0.914. The second-order valence-corrected chi connectivity index (χ2v) is 5.79. The number of anilines is 1. The smallest absolute Gasteiger partial charge is 0.140 e. The number of benzene rings is 1. The molecule has 0 unspecified atom stereocenters. The van der Waals surface area contributed by atoms with E-state index in [1.54, 1.807) is 6.20 Å². The molecule has 0 spiro atoms. The summed E-state index contributed by atoms with van der Waals surface area (Å²) in [5, 5.41) is 3.39. The largest absolute Gasteiger partial charge is 0.368 e. The first-order chi connectivity index (χ1) is 8.59. The topological polar surface area (TPSA) is 24.9 Å². The van der Waals surface area contributed by atoms with Gasteiger partial charge in [-0.25, -0.2) is 4.98 Å². The van der Waals surface area contributed by atoms with Crippen LogP contribution in [-0.2, 0) is 5.41 Å². The average Bonchev–Trinajstić information content (AvgIpc) is 2.39. The van der Waals surface area contributed by atoms with E-state index in [-0.39, 0.29) is 5.41 Å². The molecule has 0 aliphatic carbocycles. The molecule has 0 saturated heterocycles. The number of rotatable bonds is 4. The molecule has 18 heavy (non-hydrogen) atoms. The maximum atomic E-state index is 4.32. The predicted molar refractivity (Wildman–Crippen MR) is 79.9 cm³/mol. The van der Waals surface area contributed by atoms with Crippen LogP contribution in [-0.4, -0.2) is 11.5 Å². The molecule has 2 aromatic rings. The Bertz CT molecular complexity index is 509. The van der Waals surface area contributed by atoms with Gasteiger partial charge in [0.2, 0.25) is 0 Å². The van der Waals surface area contributed by atoms with Gasteiger partial charge in [0.1, 0.15) is 5.82 Å². The van der Waals surface area contributed by atoms with Crippen molar-refractivity contribution in [3.63, 3.8) is 0 Å². The first-order valence-electron chi connectivity index (χ1n) is 5.99. The Morgan fingerprint density at radius 2 is 1.83 bits per heavy atom. The minimum atomic E-state index is 0.0677. The highest BCUT2D eigenvalue weighted by molar-refractivity contribution is 9.10. The molecule has 0 bridgehead atoms. The van der Waals surface area contributed by atoms with E-state index in [1.807, 2.05) is 18.2 Å². The third-order valence-corrected chi connectivity index (χ3v) is 3.65. The summed E-state index contributed by atoms with van der Waals surface area (Å²) in [5.74, 6) is 0.890. The molecule has 2 rings (SSSR count). The number of hydrogen-bond acceptors (Lipinski definition) is 2. The van der Waals surface area contributed by atoms with Crippen molar-refractivity contribution in [1.29, 1.82) is 0 Å². The molecule has 2 nitrogen and oxygen atoms in total. The van der Waals surface area contributed by atoms with Crippen molar-refractivity contribution >= 4 is 21.7 Å². The molecule has 3 heteroatoms. The lowest BCUT2D eigenvalue weighted by Crippen LogP contribution is -2.27. The van der Waals surface area contributed by atoms with E-state index in [9.17, 15) is 0 Å². The van der Waals surface area contributed by atoms with E-state index in [2.05, 4.69) is 64.3 Å². The number of pyridine rings is 1. The Labute approximate surface area is 117 Å². The molecule has 0 amide bonds. The van der Waals surface area contributed by atoms with Gasteiger partial charge < -0.3 is 5.32 Å². The summed E-state index contributed by atoms with van der Waals surface area (Å²) in [5.41, 5.74) is 1.39. The third kappa shape index (κ3) is 3.10. The number of nitrogens with one attached hydrogen (secondary N) is 1. The van der Waals surface area contributed by atoms with Crippen molar-refractivity contribution in [2.75, 3.05) is 11.9 Å². The van der Waals surface area contributed by atoms with Gasteiger partial charge in [0.05, 0.1) is 4.47 Å². The van der Waals surface area contributed by atoms with E-state index >= 15 is 0 Å².